The molecule has 10 heteroatoms. The van der Waals surface area contributed by atoms with Crippen molar-refractivity contribution in [3.05, 3.63) is 93.2 Å². The van der Waals surface area contributed by atoms with Crippen LogP contribution < -0.4 is 16.0 Å². The summed E-state index contributed by atoms with van der Waals surface area (Å²) in [4.78, 5) is 40.3. The number of esters is 1. The Balaban J connectivity index is 1.69. The maximum Gasteiger partial charge on any atom is 0.337 e. The Hall–Kier alpha value is -3.46. The van der Waals surface area contributed by atoms with Crippen molar-refractivity contribution in [3.63, 3.8) is 0 Å². The summed E-state index contributed by atoms with van der Waals surface area (Å²) in [5.41, 5.74) is 0.254. The molecule has 0 bridgehead atoms. The van der Waals surface area contributed by atoms with E-state index in [-0.39, 0.29) is 27.5 Å². The molecule has 0 aliphatic carbocycles. The monoisotopic (exact) mass is 597 g/mol. The minimum absolute atomic E-state index is 0.114. The summed E-state index contributed by atoms with van der Waals surface area (Å²) in [6.45, 7) is 6.12. The number of carbonyl (C=O) groups is 3. The van der Waals surface area contributed by atoms with Crippen molar-refractivity contribution in [3.8, 4) is 0 Å². The maximum atomic E-state index is 15.9. The van der Waals surface area contributed by atoms with E-state index in [0.717, 1.165) is 0 Å². The summed E-state index contributed by atoms with van der Waals surface area (Å²) in [6, 6.07) is 14.4. The van der Waals surface area contributed by atoms with Gasteiger partial charge in [-0.05, 0) is 59.4 Å². The average Bonchev–Trinajstić information content (AvgIpc) is 3.38. The molecule has 0 radical (unpaired) electrons. The van der Waals surface area contributed by atoms with Gasteiger partial charge >= 0.3 is 5.97 Å². The molecule has 0 aromatic heterocycles. The maximum absolute atomic E-state index is 15.9. The van der Waals surface area contributed by atoms with Crippen LogP contribution in [0, 0.1) is 11.2 Å². The predicted molar refractivity (Wildman–Crippen MR) is 157 cm³/mol. The van der Waals surface area contributed by atoms with E-state index in [9.17, 15) is 14.4 Å². The van der Waals surface area contributed by atoms with E-state index in [1.165, 1.54) is 19.2 Å². The number of anilines is 2. The SMILES string of the molecule is COC(=O)c1cccc(NC(=O)[C@@H]2N[C@@H](CC(C)(C)C)[C@@]3(C(=O)Nc4cc(Cl)ccc43)[C@H]2c2cccc(Cl)c2F)c1. The predicted octanol–water partition coefficient (Wildman–Crippen LogP) is 6.31. The van der Waals surface area contributed by atoms with Gasteiger partial charge in [0.15, 0.2) is 0 Å². The Bertz CT molecular complexity index is 1560. The Morgan fingerprint density at radius 1 is 1.07 bits per heavy atom. The Morgan fingerprint density at radius 2 is 1.80 bits per heavy atom. The van der Waals surface area contributed by atoms with Gasteiger partial charge in [0.25, 0.3) is 0 Å². The smallest absolute Gasteiger partial charge is 0.337 e. The molecule has 4 atom stereocenters. The summed E-state index contributed by atoms with van der Waals surface area (Å²) >= 11 is 12.5. The second-order valence-corrected chi connectivity index (χ2v) is 12.5. The highest BCUT2D eigenvalue weighted by Crippen LogP contribution is 2.57. The molecule has 5 rings (SSSR count). The normalized spacial score (nSPS) is 23.3. The topological polar surface area (TPSA) is 96.5 Å². The first kappa shape index (κ1) is 29.0. The van der Waals surface area contributed by atoms with Crippen LogP contribution in [0.2, 0.25) is 10.0 Å². The molecule has 0 unspecified atom stereocenters. The number of methoxy groups -OCH3 is 1. The van der Waals surface area contributed by atoms with Crippen molar-refractivity contribution in [1.82, 2.24) is 5.32 Å². The minimum atomic E-state index is -1.37. The number of carbonyl (C=O) groups excluding carboxylic acids is 3. The Labute approximate surface area is 247 Å². The number of hydrogen-bond donors (Lipinski definition) is 3. The van der Waals surface area contributed by atoms with Gasteiger partial charge in [0.05, 0.1) is 23.7 Å². The van der Waals surface area contributed by atoms with E-state index in [1.807, 2.05) is 20.8 Å². The van der Waals surface area contributed by atoms with Gasteiger partial charge in [0, 0.05) is 28.4 Å². The first-order chi connectivity index (χ1) is 19.4. The lowest BCUT2D eigenvalue weighted by Crippen LogP contribution is -2.49. The third-order valence-corrected chi connectivity index (χ3v) is 8.30. The fourth-order valence-electron chi connectivity index (χ4n) is 6.21. The largest absolute Gasteiger partial charge is 0.465 e. The van der Waals surface area contributed by atoms with E-state index in [0.29, 0.717) is 28.4 Å². The van der Waals surface area contributed by atoms with Gasteiger partial charge in [-0.3, -0.25) is 9.59 Å². The van der Waals surface area contributed by atoms with Crippen LogP contribution in [0.4, 0.5) is 15.8 Å². The molecule has 1 fully saturated rings. The van der Waals surface area contributed by atoms with Crippen molar-refractivity contribution in [2.24, 2.45) is 5.41 Å². The highest BCUT2D eigenvalue weighted by atomic mass is 35.5. The molecule has 2 aliphatic rings. The van der Waals surface area contributed by atoms with Crippen LogP contribution in [-0.4, -0.2) is 37.0 Å². The molecular weight excluding hydrogens is 568 g/mol. The molecule has 41 heavy (non-hydrogen) atoms. The van der Waals surface area contributed by atoms with E-state index >= 15 is 4.39 Å². The summed E-state index contributed by atoms with van der Waals surface area (Å²) in [5.74, 6) is -3.09. The molecule has 214 valence electrons. The summed E-state index contributed by atoms with van der Waals surface area (Å²) in [7, 11) is 1.27. The molecule has 3 aromatic rings. The second-order valence-electron chi connectivity index (χ2n) is 11.7. The third kappa shape index (κ3) is 5.09. The number of benzene rings is 3. The molecule has 7 nitrogen and oxygen atoms in total. The lowest BCUT2D eigenvalue weighted by Gasteiger charge is -2.37. The number of ether oxygens (including phenoxy) is 1. The zero-order valence-corrected chi connectivity index (χ0v) is 24.5. The second kappa shape index (κ2) is 10.7. The summed E-state index contributed by atoms with van der Waals surface area (Å²) in [6.07, 6.45) is 0.489. The number of rotatable bonds is 5. The van der Waals surface area contributed by atoms with E-state index in [1.54, 1.807) is 48.5 Å². The lowest BCUT2D eigenvalue weighted by molar-refractivity contribution is -0.122. The first-order valence-corrected chi connectivity index (χ1v) is 13.9. The zero-order chi connectivity index (χ0) is 29.7. The zero-order valence-electron chi connectivity index (χ0n) is 23.0. The molecule has 3 aromatic carbocycles. The fraction of sp³-hybridized carbons (Fsp3) is 0.323. The Morgan fingerprint density at radius 3 is 2.51 bits per heavy atom. The number of hydrogen-bond acceptors (Lipinski definition) is 5. The molecule has 3 N–H and O–H groups in total. The number of halogens is 3. The summed E-state index contributed by atoms with van der Waals surface area (Å²) < 4.78 is 20.7. The van der Waals surface area contributed by atoms with Gasteiger partial charge < -0.3 is 20.7 Å². The van der Waals surface area contributed by atoms with Crippen LogP contribution in [-0.2, 0) is 19.7 Å². The van der Waals surface area contributed by atoms with Gasteiger partial charge in [0.2, 0.25) is 11.8 Å². The van der Waals surface area contributed by atoms with Gasteiger partial charge in [-0.1, -0.05) is 68.2 Å². The summed E-state index contributed by atoms with van der Waals surface area (Å²) in [5, 5.41) is 9.55. The van der Waals surface area contributed by atoms with Crippen molar-refractivity contribution in [2.45, 2.75) is 50.6 Å². The van der Waals surface area contributed by atoms with Gasteiger partial charge in [-0.15, -0.1) is 0 Å². The van der Waals surface area contributed by atoms with Gasteiger partial charge in [0.1, 0.15) is 11.2 Å². The molecule has 2 aliphatic heterocycles. The van der Waals surface area contributed by atoms with Crippen LogP contribution >= 0.6 is 23.2 Å². The van der Waals surface area contributed by atoms with Crippen LogP contribution in [0.5, 0.6) is 0 Å². The standard InChI is InChI=1S/C31H30Cl2FN3O4/c1-30(2,3)15-23-31(20-12-11-17(32)14-22(20)36-29(31)40)24(19-9-6-10-21(33)25(19)34)26(37-23)27(38)35-18-8-5-7-16(13-18)28(39)41-4/h5-14,23-24,26,37H,15H2,1-4H3,(H,35,38)(H,36,40)/t23-,24-,26+,31+/m0/s1. The van der Waals surface area contributed by atoms with Crippen molar-refractivity contribution >= 4 is 52.4 Å². The average molecular weight is 599 g/mol. The Kier molecular flexibility index (Phi) is 7.61. The van der Waals surface area contributed by atoms with E-state index in [4.69, 9.17) is 27.9 Å². The van der Waals surface area contributed by atoms with E-state index < -0.39 is 41.1 Å². The fourth-order valence-corrected chi connectivity index (χ4v) is 6.57. The quantitative estimate of drug-likeness (QED) is 0.300. The molecule has 2 heterocycles. The van der Waals surface area contributed by atoms with Crippen LogP contribution in [0.25, 0.3) is 0 Å². The molecule has 1 saturated heterocycles. The van der Waals surface area contributed by atoms with Crippen molar-refractivity contribution < 1.29 is 23.5 Å². The number of fused-ring (bicyclic) bond motifs is 2. The highest BCUT2D eigenvalue weighted by Gasteiger charge is 2.66. The van der Waals surface area contributed by atoms with Crippen molar-refractivity contribution in [2.75, 3.05) is 17.7 Å². The number of amides is 2. The van der Waals surface area contributed by atoms with E-state index in [2.05, 4.69) is 16.0 Å². The number of nitrogens with one attached hydrogen (secondary N) is 3. The molecular formula is C31H30Cl2FN3O4. The molecule has 2 amide bonds. The first-order valence-electron chi connectivity index (χ1n) is 13.2. The van der Waals surface area contributed by atoms with Crippen molar-refractivity contribution in [1.29, 1.82) is 0 Å². The highest BCUT2D eigenvalue weighted by molar-refractivity contribution is 6.31. The van der Waals surface area contributed by atoms with Crippen LogP contribution in [0.1, 0.15) is 54.6 Å². The minimum Gasteiger partial charge on any atom is -0.465 e. The van der Waals surface area contributed by atoms with Gasteiger partial charge in [-0.25, -0.2) is 9.18 Å². The van der Waals surface area contributed by atoms with Gasteiger partial charge in [-0.2, -0.15) is 0 Å². The van der Waals surface area contributed by atoms with Crippen LogP contribution in [0.15, 0.2) is 60.7 Å². The lowest BCUT2D eigenvalue weighted by atomic mass is 9.62. The molecule has 1 spiro atoms. The third-order valence-electron chi connectivity index (χ3n) is 7.77. The molecule has 0 saturated carbocycles. The van der Waals surface area contributed by atoms with Crippen LogP contribution in [0.3, 0.4) is 0 Å².